The second-order valence-corrected chi connectivity index (χ2v) is 12.8. The van der Waals surface area contributed by atoms with Gasteiger partial charge in [0.15, 0.2) is 6.29 Å². The van der Waals surface area contributed by atoms with Gasteiger partial charge < -0.3 is 9.84 Å². The first-order valence-electron chi connectivity index (χ1n) is 12.9. The standard InChI is InChI=1S/C30H29Cl2N3O5S/c1-18(37)15-35-12-13-41(38,39)26-14-19(6-7-20(26)16-35)29-28(32)23(10-11-33-29)22-4-3-5-24(27(22)31)25-9-8-21(17-36)30(34-25)40-2/h3-11,14,17-18,37-39H,12-13,15-16H2,1-2H3. The number of carbonyl (C=O) groups is 1. The number of halogens is 2. The fraction of sp³-hybridized carbons (Fsp3) is 0.233. The number of carbonyl (C=O) groups excluding carboxylic acids is 1. The molecule has 8 nitrogen and oxygen atoms in total. The second-order valence-electron chi connectivity index (χ2n) is 9.88. The summed E-state index contributed by atoms with van der Waals surface area (Å²) < 4.78 is 27.3. The Balaban J connectivity index is 1.56. The second kappa shape index (κ2) is 12.1. The van der Waals surface area contributed by atoms with Crippen molar-refractivity contribution in [3.63, 3.8) is 0 Å². The Morgan fingerprint density at radius 2 is 1.83 bits per heavy atom. The van der Waals surface area contributed by atoms with Crippen molar-refractivity contribution >= 4 is 40.1 Å². The largest absolute Gasteiger partial charge is 0.480 e. The molecule has 3 heterocycles. The molecule has 41 heavy (non-hydrogen) atoms. The molecule has 214 valence electrons. The van der Waals surface area contributed by atoms with Crippen molar-refractivity contribution in [3.8, 4) is 39.5 Å². The molecule has 0 radical (unpaired) electrons. The van der Waals surface area contributed by atoms with Crippen LogP contribution < -0.4 is 4.74 Å². The Morgan fingerprint density at radius 3 is 2.56 bits per heavy atom. The summed E-state index contributed by atoms with van der Waals surface area (Å²) in [5.41, 5.74) is 4.71. The molecule has 1 unspecified atom stereocenters. The number of nitrogens with zero attached hydrogens (tertiary/aromatic N) is 3. The lowest BCUT2D eigenvalue weighted by Crippen LogP contribution is -2.32. The maximum absolute atomic E-state index is 11.3. The van der Waals surface area contributed by atoms with Crippen molar-refractivity contribution in [1.29, 1.82) is 0 Å². The number of aldehydes is 1. The average Bonchev–Trinajstić information content (AvgIpc) is 3.08. The predicted molar refractivity (Wildman–Crippen MR) is 163 cm³/mol. The number of β-amino-alcohol motifs (C(OH)–C–C–N with tert-alkyl or cyclic N) is 1. The zero-order valence-electron chi connectivity index (χ0n) is 22.4. The molecule has 0 aliphatic carbocycles. The van der Waals surface area contributed by atoms with E-state index >= 15 is 0 Å². The number of fused-ring (bicyclic) bond motifs is 1. The highest BCUT2D eigenvalue weighted by molar-refractivity contribution is 8.24. The molecule has 0 bridgehead atoms. The van der Waals surface area contributed by atoms with E-state index in [0.717, 1.165) is 5.56 Å². The van der Waals surface area contributed by atoms with Crippen LogP contribution in [0.4, 0.5) is 0 Å². The van der Waals surface area contributed by atoms with Crippen molar-refractivity contribution < 1.29 is 23.7 Å². The number of rotatable bonds is 7. The highest BCUT2D eigenvalue weighted by Crippen LogP contribution is 2.52. The van der Waals surface area contributed by atoms with Crippen LogP contribution in [0.15, 0.2) is 65.7 Å². The summed E-state index contributed by atoms with van der Waals surface area (Å²) in [6, 6.07) is 16.1. The van der Waals surface area contributed by atoms with Crippen LogP contribution in [0.1, 0.15) is 22.8 Å². The van der Waals surface area contributed by atoms with Gasteiger partial charge in [0.1, 0.15) is 0 Å². The molecule has 1 aliphatic heterocycles. The topological polar surface area (TPSA) is 116 Å². The lowest BCUT2D eigenvalue weighted by Gasteiger charge is -2.32. The fourth-order valence-corrected chi connectivity index (χ4v) is 7.25. The maximum atomic E-state index is 11.3. The highest BCUT2D eigenvalue weighted by atomic mass is 35.5. The minimum absolute atomic E-state index is 0.173. The number of aliphatic hydroxyl groups is 1. The normalized spacial score (nSPS) is 16.4. The maximum Gasteiger partial charge on any atom is 0.224 e. The van der Waals surface area contributed by atoms with Crippen LogP contribution >= 0.6 is 33.8 Å². The summed E-state index contributed by atoms with van der Waals surface area (Å²) in [6.45, 7) is 3.10. The number of aromatic nitrogens is 2. The molecule has 2 aromatic heterocycles. The zero-order valence-corrected chi connectivity index (χ0v) is 24.7. The van der Waals surface area contributed by atoms with E-state index in [9.17, 15) is 19.0 Å². The zero-order chi connectivity index (χ0) is 29.3. The van der Waals surface area contributed by atoms with Gasteiger partial charge in [0.2, 0.25) is 5.88 Å². The molecule has 0 amide bonds. The van der Waals surface area contributed by atoms with Gasteiger partial charge in [-0.2, -0.15) is 10.6 Å². The van der Waals surface area contributed by atoms with Gasteiger partial charge >= 0.3 is 0 Å². The molecule has 5 rings (SSSR count). The molecular weight excluding hydrogens is 585 g/mol. The third-order valence-electron chi connectivity index (χ3n) is 6.97. The molecule has 0 saturated carbocycles. The summed E-state index contributed by atoms with van der Waals surface area (Å²) in [5, 5.41) is 10.6. The lowest BCUT2D eigenvalue weighted by atomic mass is 9.99. The molecule has 1 aliphatic rings. The predicted octanol–water partition coefficient (Wildman–Crippen LogP) is 6.91. The number of methoxy groups -OCH3 is 1. The van der Waals surface area contributed by atoms with Gasteiger partial charge in [0.05, 0.1) is 50.9 Å². The van der Waals surface area contributed by atoms with Crippen LogP contribution in [0, 0.1) is 0 Å². The monoisotopic (exact) mass is 613 g/mol. The first-order valence-corrected chi connectivity index (χ1v) is 15.3. The molecule has 1 atom stereocenters. The Labute approximate surface area is 249 Å². The number of aliphatic hydroxyl groups excluding tert-OH is 1. The molecule has 0 saturated heterocycles. The van der Waals surface area contributed by atoms with E-state index in [4.69, 9.17) is 27.9 Å². The van der Waals surface area contributed by atoms with E-state index in [0.29, 0.717) is 80.1 Å². The summed E-state index contributed by atoms with van der Waals surface area (Å²) in [6.07, 6.45) is 1.79. The Hall–Kier alpha value is -3.02. The van der Waals surface area contributed by atoms with Crippen molar-refractivity contribution in [1.82, 2.24) is 14.9 Å². The summed E-state index contributed by atoms with van der Waals surface area (Å²) in [4.78, 5) is 22.8. The first kappa shape index (κ1) is 29.5. The van der Waals surface area contributed by atoms with Crippen LogP contribution in [0.3, 0.4) is 0 Å². The minimum Gasteiger partial charge on any atom is -0.480 e. The number of ether oxygens (including phenoxy) is 1. The molecule has 0 fully saturated rings. The number of benzene rings is 2. The van der Waals surface area contributed by atoms with E-state index in [2.05, 4.69) is 9.97 Å². The fourth-order valence-electron chi connectivity index (χ4n) is 5.00. The van der Waals surface area contributed by atoms with Crippen molar-refractivity contribution in [2.75, 3.05) is 26.0 Å². The van der Waals surface area contributed by atoms with E-state index in [1.165, 1.54) is 7.11 Å². The Bertz CT molecular complexity index is 1620. The van der Waals surface area contributed by atoms with E-state index in [1.54, 1.807) is 37.4 Å². The number of hydrogen-bond acceptors (Lipinski definition) is 8. The van der Waals surface area contributed by atoms with Crippen LogP contribution in [-0.2, 0) is 6.54 Å². The van der Waals surface area contributed by atoms with Gasteiger partial charge in [-0.1, -0.05) is 53.5 Å². The highest BCUT2D eigenvalue weighted by Gasteiger charge is 2.27. The molecule has 11 heteroatoms. The van der Waals surface area contributed by atoms with E-state index in [-0.39, 0.29) is 11.6 Å². The minimum atomic E-state index is -3.06. The lowest BCUT2D eigenvalue weighted by molar-refractivity contribution is 0.111. The average molecular weight is 615 g/mol. The van der Waals surface area contributed by atoms with E-state index in [1.807, 2.05) is 35.2 Å². The number of hydrogen-bond donors (Lipinski definition) is 3. The van der Waals surface area contributed by atoms with Gasteiger partial charge in [-0.25, -0.2) is 4.98 Å². The smallest absolute Gasteiger partial charge is 0.224 e. The van der Waals surface area contributed by atoms with Gasteiger partial charge in [0, 0.05) is 48.1 Å². The van der Waals surface area contributed by atoms with Gasteiger partial charge in [-0.3, -0.25) is 23.8 Å². The van der Waals surface area contributed by atoms with Crippen LogP contribution in [-0.4, -0.2) is 67.4 Å². The third-order valence-corrected chi connectivity index (χ3v) is 9.59. The molecular formula is C30H29Cl2N3O5S. The molecule has 0 spiro atoms. The van der Waals surface area contributed by atoms with Crippen LogP contribution in [0.2, 0.25) is 10.0 Å². The van der Waals surface area contributed by atoms with Crippen molar-refractivity contribution in [3.05, 3.63) is 82.0 Å². The molecule has 4 aromatic rings. The first-order chi connectivity index (χ1) is 19.6. The van der Waals surface area contributed by atoms with E-state index < -0.39 is 16.7 Å². The third kappa shape index (κ3) is 5.98. The summed E-state index contributed by atoms with van der Waals surface area (Å²) in [7, 11) is -1.61. The summed E-state index contributed by atoms with van der Waals surface area (Å²) in [5.74, 6) is 0.373. The molecule has 2 aromatic carbocycles. The number of pyridine rings is 2. The SMILES string of the molecule is COc1nc(-c2cccc(-c3ccnc(-c4ccc5c(c4)S(O)(O)CCN(CC(C)O)C5)c3Cl)c2Cl)ccc1C=O. The van der Waals surface area contributed by atoms with Gasteiger partial charge in [0.25, 0.3) is 0 Å². The Kier molecular flexibility index (Phi) is 8.68. The van der Waals surface area contributed by atoms with Crippen molar-refractivity contribution in [2.24, 2.45) is 0 Å². The van der Waals surface area contributed by atoms with Crippen LogP contribution in [0.5, 0.6) is 5.88 Å². The Morgan fingerprint density at radius 1 is 1.07 bits per heavy atom. The quantitative estimate of drug-likeness (QED) is 0.192. The summed E-state index contributed by atoms with van der Waals surface area (Å²) >= 11 is 13.9. The van der Waals surface area contributed by atoms with Gasteiger partial charge in [-0.15, -0.1) is 0 Å². The van der Waals surface area contributed by atoms with Gasteiger partial charge in [-0.05, 0) is 36.8 Å². The van der Waals surface area contributed by atoms with Crippen molar-refractivity contribution in [2.45, 2.75) is 24.5 Å². The molecule has 3 N–H and O–H groups in total. The van der Waals surface area contributed by atoms with Crippen LogP contribution in [0.25, 0.3) is 33.6 Å².